The van der Waals surface area contributed by atoms with Gasteiger partial charge in [-0.1, -0.05) is 12.1 Å². The molecule has 0 bridgehead atoms. The first-order valence-corrected chi connectivity index (χ1v) is 6.96. The number of hydrogen-bond donors (Lipinski definition) is 3. The number of rotatable bonds is 5. The minimum absolute atomic E-state index is 0.171. The molecule has 20 heavy (non-hydrogen) atoms. The van der Waals surface area contributed by atoms with Gasteiger partial charge in [-0.2, -0.15) is 0 Å². The van der Waals surface area contributed by atoms with Crippen LogP contribution in [0.3, 0.4) is 0 Å². The molecule has 0 atom stereocenters. The van der Waals surface area contributed by atoms with Gasteiger partial charge in [-0.25, -0.2) is 0 Å². The molecule has 6 heteroatoms. The lowest BCUT2D eigenvalue weighted by Gasteiger charge is -2.12. The summed E-state index contributed by atoms with van der Waals surface area (Å²) < 4.78 is 5.61. The van der Waals surface area contributed by atoms with Gasteiger partial charge in [-0.3, -0.25) is 15.6 Å². The molecular weight excluding hydrogens is 274 g/mol. The van der Waals surface area contributed by atoms with Crippen molar-refractivity contribution < 1.29 is 9.53 Å². The zero-order valence-corrected chi connectivity index (χ0v) is 12.9. The summed E-state index contributed by atoms with van der Waals surface area (Å²) in [5.41, 5.74) is 7.31. The predicted molar refractivity (Wildman–Crippen MR) is 83.6 cm³/mol. The highest BCUT2D eigenvalue weighted by atomic mass is 32.1. The van der Waals surface area contributed by atoms with Crippen LogP contribution in [0.5, 0.6) is 5.75 Å². The first-order valence-electron chi connectivity index (χ1n) is 6.55. The fraction of sp³-hybridized carbons (Fsp3) is 0.429. The van der Waals surface area contributed by atoms with Crippen LogP contribution in [0.4, 0.5) is 0 Å². The Hall–Kier alpha value is -1.82. The summed E-state index contributed by atoms with van der Waals surface area (Å²) in [5.74, 6) is 0.643. The number of carbonyl (C=O) groups excluding carboxylic acids is 1. The van der Waals surface area contributed by atoms with Crippen molar-refractivity contribution in [1.29, 1.82) is 0 Å². The van der Waals surface area contributed by atoms with E-state index < -0.39 is 0 Å². The van der Waals surface area contributed by atoms with Gasteiger partial charge in [0.1, 0.15) is 5.75 Å². The molecule has 0 aliphatic rings. The number of hydrazine groups is 1. The van der Waals surface area contributed by atoms with E-state index in [2.05, 4.69) is 16.2 Å². The molecule has 0 radical (unpaired) electrons. The second-order valence-electron chi connectivity index (χ2n) is 4.40. The average Bonchev–Trinajstić information content (AvgIpc) is 2.41. The predicted octanol–water partition coefficient (Wildman–Crippen LogP) is 1.59. The largest absolute Gasteiger partial charge is 0.493 e. The quantitative estimate of drug-likeness (QED) is 0.569. The molecule has 0 saturated carbocycles. The second-order valence-corrected chi connectivity index (χ2v) is 4.81. The van der Waals surface area contributed by atoms with Gasteiger partial charge in [0, 0.05) is 6.54 Å². The maximum Gasteiger partial charge on any atom is 0.241 e. The third-order valence-corrected chi connectivity index (χ3v) is 2.83. The SMILES string of the molecule is CCNC(=S)NNC(=O)CCOc1cc(C)ccc1C. The number of hydrogen-bond acceptors (Lipinski definition) is 3. The Morgan fingerprint density at radius 1 is 1.30 bits per heavy atom. The Morgan fingerprint density at radius 2 is 2.05 bits per heavy atom. The molecule has 0 heterocycles. The van der Waals surface area contributed by atoms with E-state index in [0.29, 0.717) is 18.3 Å². The smallest absolute Gasteiger partial charge is 0.241 e. The number of nitrogens with one attached hydrogen (secondary N) is 3. The average molecular weight is 295 g/mol. The number of aryl methyl sites for hydroxylation is 2. The topological polar surface area (TPSA) is 62.4 Å². The summed E-state index contributed by atoms with van der Waals surface area (Å²) in [5, 5.41) is 3.27. The number of ether oxygens (including phenoxy) is 1. The van der Waals surface area contributed by atoms with Crippen LogP contribution in [-0.4, -0.2) is 24.2 Å². The first-order chi connectivity index (χ1) is 9.52. The lowest BCUT2D eigenvalue weighted by Crippen LogP contribution is -2.46. The molecule has 110 valence electrons. The Morgan fingerprint density at radius 3 is 2.75 bits per heavy atom. The molecule has 5 nitrogen and oxygen atoms in total. The molecule has 1 aromatic carbocycles. The Balaban J connectivity index is 2.28. The van der Waals surface area contributed by atoms with Crippen LogP contribution in [-0.2, 0) is 4.79 Å². The number of benzene rings is 1. The molecule has 3 N–H and O–H groups in total. The van der Waals surface area contributed by atoms with Crippen molar-refractivity contribution >= 4 is 23.2 Å². The molecule has 0 aromatic heterocycles. The minimum atomic E-state index is -0.171. The van der Waals surface area contributed by atoms with Crippen LogP contribution < -0.4 is 20.9 Å². The van der Waals surface area contributed by atoms with Crippen LogP contribution in [0, 0.1) is 13.8 Å². The molecule has 0 saturated heterocycles. The Kier molecular flexibility index (Phi) is 6.79. The van der Waals surface area contributed by atoms with Gasteiger partial charge in [0.05, 0.1) is 13.0 Å². The Bertz CT molecular complexity index is 477. The maximum atomic E-state index is 11.6. The molecule has 1 aromatic rings. The molecule has 0 unspecified atom stereocenters. The standard InChI is InChI=1S/C14H21N3O2S/c1-4-15-14(20)17-16-13(18)7-8-19-12-9-10(2)5-6-11(12)3/h5-6,9H,4,7-8H2,1-3H3,(H,16,18)(H2,15,17,20). The molecule has 0 aliphatic heterocycles. The van der Waals surface area contributed by atoms with Crippen molar-refractivity contribution in [3.63, 3.8) is 0 Å². The fourth-order valence-corrected chi connectivity index (χ4v) is 1.71. The number of carbonyl (C=O) groups is 1. The van der Waals surface area contributed by atoms with E-state index in [-0.39, 0.29) is 12.3 Å². The van der Waals surface area contributed by atoms with Crippen molar-refractivity contribution in [1.82, 2.24) is 16.2 Å². The number of thiocarbonyl (C=S) groups is 1. The van der Waals surface area contributed by atoms with Crippen molar-refractivity contribution in [3.8, 4) is 5.75 Å². The monoisotopic (exact) mass is 295 g/mol. The van der Waals surface area contributed by atoms with Crippen molar-refractivity contribution in [2.45, 2.75) is 27.2 Å². The molecule has 1 rings (SSSR count). The normalized spacial score (nSPS) is 9.75. The highest BCUT2D eigenvalue weighted by molar-refractivity contribution is 7.80. The summed E-state index contributed by atoms with van der Waals surface area (Å²) in [6.45, 7) is 6.94. The summed E-state index contributed by atoms with van der Waals surface area (Å²) in [7, 11) is 0. The van der Waals surface area contributed by atoms with E-state index in [1.54, 1.807) is 0 Å². The third kappa shape index (κ3) is 5.88. The van der Waals surface area contributed by atoms with Gasteiger partial charge < -0.3 is 10.1 Å². The zero-order chi connectivity index (χ0) is 15.0. The molecule has 0 spiro atoms. The zero-order valence-electron chi connectivity index (χ0n) is 12.1. The molecule has 0 aliphatic carbocycles. The van der Waals surface area contributed by atoms with Gasteiger partial charge in [0.25, 0.3) is 0 Å². The van der Waals surface area contributed by atoms with Gasteiger partial charge in [-0.15, -0.1) is 0 Å². The third-order valence-electron chi connectivity index (χ3n) is 2.58. The molecule has 1 amide bonds. The highest BCUT2D eigenvalue weighted by Crippen LogP contribution is 2.18. The lowest BCUT2D eigenvalue weighted by atomic mass is 10.1. The van der Waals surface area contributed by atoms with Gasteiger partial charge in [-0.05, 0) is 50.2 Å². The van der Waals surface area contributed by atoms with Crippen molar-refractivity contribution in [2.75, 3.05) is 13.2 Å². The highest BCUT2D eigenvalue weighted by Gasteiger charge is 2.04. The lowest BCUT2D eigenvalue weighted by molar-refractivity contribution is -0.122. The molecule has 0 fully saturated rings. The van der Waals surface area contributed by atoms with Gasteiger partial charge in [0.2, 0.25) is 5.91 Å². The minimum Gasteiger partial charge on any atom is -0.493 e. The fourth-order valence-electron chi connectivity index (χ4n) is 1.51. The van der Waals surface area contributed by atoms with Crippen LogP contribution >= 0.6 is 12.2 Å². The summed E-state index contributed by atoms with van der Waals surface area (Å²) in [6.07, 6.45) is 0.259. The van der Waals surface area contributed by atoms with E-state index >= 15 is 0 Å². The summed E-state index contributed by atoms with van der Waals surface area (Å²) in [4.78, 5) is 11.6. The maximum absolute atomic E-state index is 11.6. The van der Waals surface area contributed by atoms with Gasteiger partial charge in [0.15, 0.2) is 5.11 Å². The van der Waals surface area contributed by atoms with Crippen molar-refractivity contribution in [3.05, 3.63) is 29.3 Å². The Labute approximate surface area is 125 Å². The van der Waals surface area contributed by atoms with Crippen molar-refractivity contribution in [2.24, 2.45) is 0 Å². The van der Waals surface area contributed by atoms with E-state index in [1.165, 1.54) is 0 Å². The molecular formula is C14H21N3O2S. The van der Waals surface area contributed by atoms with Gasteiger partial charge >= 0.3 is 0 Å². The van der Waals surface area contributed by atoms with E-state index in [9.17, 15) is 4.79 Å². The first kappa shape index (κ1) is 16.2. The van der Waals surface area contributed by atoms with Crippen LogP contribution in [0.15, 0.2) is 18.2 Å². The van der Waals surface area contributed by atoms with E-state index in [4.69, 9.17) is 17.0 Å². The van der Waals surface area contributed by atoms with E-state index in [0.717, 1.165) is 16.9 Å². The second kappa shape index (κ2) is 8.37. The van der Waals surface area contributed by atoms with Crippen LogP contribution in [0.25, 0.3) is 0 Å². The van der Waals surface area contributed by atoms with Crippen LogP contribution in [0.1, 0.15) is 24.5 Å². The summed E-state index contributed by atoms with van der Waals surface area (Å²) in [6, 6.07) is 5.99. The van der Waals surface area contributed by atoms with Crippen LogP contribution in [0.2, 0.25) is 0 Å². The summed E-state index contributed by atoms with van der Waals surface area (Å²) >= 11 is 4.92. The number of amides is 1. The van der Waals surface area contributed by atoms with E-state index in [1.807, 2.05) is 39.0 Å².